The van der Waals surface area contributed by atoms with Crippen molar-refractivity contribution in [3.05, 3.63) is 64.1 Å². The minimum absolute atomic E-state index is 0.0268. The van der Waals surface area contributed by atoms with Crippen LogP contribution in [0.5, 0.6) is 17.4 Å². The number of ether oxygens (including phenoxy) is 2. The van der Waals surface area contributed by atoms with Gasteiger partial charge >= 0.3 is 12.4 Å². The van der Waals surface area contributed by atoms with Gasteiger partial charge in [0, 0.05) is 22.4 Å². The molecule has 1 atom stereocenters. The maximum absolute atomic E-state index is 15.5. The first kappa shape index (κ1) is 31.0. The minimum atomic E-state index is -5.04. The van der Waals surface area contributed by atoms with Crippen molar-refractivity contribution in [1.82, 2.24) is 10.2 Å². The Morgan fingerprint density at radius 3 is 2.24 bits per heavy atom. The van der Waals surface area contributed by atoms with Crippen LogP contribution in [-0.2, 0) is 21.3 Å². The fraction of sp³-hybridized carbons (Fsp3) is 0.346. The number of benzene rings is 2. The summed E-state index contributed by atoms with van der Waals surface area (Å²) >= 11 is 0. The fourth-order valence-electron chi connectivity index (χ4n) is 4.45. The molecule has 2 aromatic carbocycles. The highest BCUT2D eigenvalue weighted by atomic mass is 32.2. The van der Waals surface area contributed by atoms with Gasteiger partial charge in [0.05, 0.1) is 22.3 Å². The summed E-state index contributed by atoms with van der Waals surface area (Å²) in [4.78, 5) is 13.4. The van der Waals surface area contributed by atoms with E-state index in [-0.39, 0.29) is 29.0 Å². The predicted molar refractivity (Wildman–Crippen MR) is 136 cm³/mol. The monoisotopic (exact) mass is 620 g/mol. The molecule has 1 amide bonds. The second kappa shape index (κ2) is 10.4. The van der Waals surface area contributed by atoms with E-state index in [1.165, 1.54) is 31.2 Å². The number of hydrogen-bond acceptors (Lipinski definition) is 7. The summed E-state index contributed by atoms with van der Waals surface area (Å²) in [5.41, 5.74) is -6.21. The number of amides is 1. The zero-order valence-corrected chi connectivity index (χ0v) is 23.2. The molecule has 0 spiro atoms. The predicted octanol–water partition coefficient (Wildman–Crippen LogP) is 6.93. The fourth-order valence-corrected chi connectivity index (χ4v) is 5.14. The van der Waals surface area contributed by atoms with E-state index in [1.54, 1.807) is 0 Å². The average molecular weight is 621 g/mol. The molecule has 1 heterocycles. The van der Waals surface area contributed by atoms with Crippen LogP contribution in [0.25, 0.3) is 0 Å². The van der Waals surface area contributed by atoms with Gasteiger partial charge in [-0.2, -0.15) is 26.3 Å². The summed E-state index contributed by atoms with van der Waals surface area (Å²) in [6, 6.07) is 6.16. The Bertz CT molecular complexity index is 1690. The normalized spacial score (nSPS) is 16.0. The highest BCUT2D eigenvalue weighted by Gasteiger charge is 2.65. The lowest BCUT2D eigenvalue weighted by Gasteiger charge is -2.23. The SMILES string of the molecule is COc1c(F)c(C2(C(F)(F)F)CC2)cc(C)c1Oc1nnc(C(F)(F)F)c(C)c1C(=O)Nc1cccc(S(C)(=N)=O)c1. The number of aryl methyl sites for hydroxylation is 1. The number of halogens is 7. The second-order valence-corrected chi connectivity index (χ2v) is 11.9. The van der Waals surface area contributed by atoms with Crippen LogP contribution >= 0.6 is 0 Å². The van der Waals surface area contributed by atoms with E-state index < -0.39 is 79.0 Å². The van der Waals surface area contributed by atoms with E-state index in [4.69, 9.17) is 14.3 Å². The van der Waals surface area contributed by atoms with Crippen molar-refractivity contribution >= 4 is 21.3 Å². The molecule has 2 N–H and O–H groups in total. The summed E-state index contributed by atoms with van der Waals surface area (Å²) in [5.74, 6) is -4.69. The Morgan fingerprint density at radius 1 is 1.07 bits per heavy atom. The van der Waals surface area contributed by atoms with Crippen LogP contribution in [0.3, 0.4) is 0 Å². The van der Waals surface area contributed by atoms with Crippen molar-refractivity contribution in [2.75, 3.05) is 18.7 Å². The summed E-state index contributed by atoms with van der Waals surface area (Å²) in [5, 5.41) is 8.86. The molecule has 3 aromatic rings. The number of anilines is 1. The quantitative estimate of drug-likeness (QED) is 0.277. The topological polar surface area (TPSA) is 114 Å². The Morgan fingerprint density at radius 2 is 1.71 bits per heavy atom. The molecule has 42 heavy (non-hydrogen) atoms. The van der Waals surface area contributed by atoms with Crippen molar-refractivity contribution in [2.24, 2.45) is 0 Å². The van der Waals surface area contributed by atoms with Crippen LogP contribution < -0.4 is 14.8 Å². The molecule has 8 nitrogen and oxygen atoms in total. The zero-order valence-electron chi connectivity index (χ0n) is 22.4. The third kappa shape index (κ3) is 5.58. The summed E-state index contributed by atoms with van der Waals surface area (Å²) in [7, 11) is -2.25. The van der Waals surface area contributed by atoms with Crippen LogP contribution in [0, 0.1) is 24.4 Å². The highest BCUT2D eigenvalue weighted by Crippen LogP contribution is 2.61. The van der Waals surface area contributed by atoms with Gasteiger partial charge in [-0.25, -0.2) is 13.4 Å². The summed E-state index contributed by atoms with van der Waals surface area (Å²) in [6.07, 6.45) is -9.36. The van der Waals surface area contributed by atoms with Gasteiger partial charge in [-0.1, -0.05) is 6.07 Å². The molecule has 0 radical (unpaired) electrons. The van der Waals surface area contributed by atoms with Gasteiger partial charge < -0.3 is 14.8 Å². The Hall–Kier alpha value is -3.95. The first-order valence-corrected chi connectivity index (χ1v) is 14.0. The van der Waals surface area contributed by atoms with E-state index in [9.17, 15) is 35.3 Å². The Balaban J connectivity index is 1.83. The van der Waals surface area contributed by atoms with Crippen molar-refractivity contribution in [3.63, 3.8) is 0 Å². The van der Waals surface area contributed by atoms with Crippen LogP contribution in [0.4, 0.5) is 36.4 Å². The first-order valence-electron chi connectivity index (χ1n) is 12.0. The van der Waals surface area contributed by atoms with Gasteiger partial charge in [-0.15, -0.1) is 10.2 Å². The lowest BCUT2D eigenvalue weighted by molar-refractivity contribution is -0.161. The molecule has 16 heteroatoms. The van der Waals surface area contributed by atoms with Crippen molar-refractivity contribution in [1.29, 1.82) is 4.78 Å². The largest absolute Gasteiger partial charge is 0.490 e. The van der Waals surface area contributed by atoms with Crippen LogP contribution in [0.2, 0.25) is 0 Å². The van der Waals surface area contributed by atoms with Crippen molar-refractivity contribution < 1.29 is 49.2 Å². The Labute approximate surface area is 235 Å². The molecule has 1 fully saturated rings. The number of nitrogens with zero attached hydrogens (tertiary/aromatic N) is 2. The number of hydrogen-bond donors (Lipinski definition) is 2. The number of carbonyl (C=O) groups is 1. The van der Waals surface area contributed by atoms with Gasteiger partial charge in [-0.3, -0.25) is 4.79 Å². The number of aromatic nitrogens is 2. The third-order valence-electron chi connectivity index (χ3n) is 6.79. The van der Waals surface area contributed by atoms with Gasteiger partial charge in [0.1, 0.15) is 5.56 Å². The molecular weight excluding hydrogens is 597 g/mol. The average Bonchev–Trinajstić information content (AvgIpc) is 3.67. The van der Waals surface area contributed by atoms with Gasteiger partial charge in [0.15, 0.2) is 23.0 Å². The van der Waals surface area contributed by atoms with E-state index in [0.29, 0.717) is 0 Å². The van der Waals surface area contributed by atoms with Crippen LogP contribution in [0.15, 0.2) is 35.2 Å². The smallest absolute Gasteiger partial charge is 0.435 e. The number of nitrogens with one attached hydrogen (secondary N) is 2. The number of alkyl halides is 6. The number of methoxy groups -OCH3 is 1. The first-order chi connectivity index (χ1) is 19.3. The van der Waals surface area contributed by atoms with Gasteiger partial charge in [0.2, 0.25) is 0 Å². The lowest BCUT2D eigenvalue weighted by atomic mass is 9.92. The standard InChI is InChI=1S/C26H23F7N4O4S/c1-12-10-16(24(8-9-24)26(31,32)33)18(27)20(40-3)19(12)41-23-17(13(2)21(36-37-23)25(28,29)30)22(38)35-14-6-5-7-15(11-14)42(4,34)39/h5-7,10-11,34H,8-9H2,1-4H3,(H,35,38). The van der Waals surface area contributed by atoms with Crippen molar-refractivity contribution in [3.8, 4) is 17.4 Å². The van der Waals surface area contributed by atoms with Crippen molar-refractivity contribution in [2.45, 2.75) is 49.4 Å². The number of carbonyl (C=O) groups excluding carboxylic acids is 1. The number of rotatable bonds is 7. The minimum Gasteiger partial charge on any atom is -0.490 e. The molecule has 1 aliphatic rings. The molecule has 226 valence electrons. The highest BCUT2D eigenvalue weighted by molar-refractivity contribution is 7.91. The maximum atomic E-state index is 15.5. The molecule has 4 rings (SSSR count). The third-order valence-corrected chi connectivity index (χ3v) is 7.95. The van der Waals surface area contributed by atoms with Gasteiger partial charge in [-0.05, 0) is 62.1 Å². The van der Waals surface area contributed by atoms with E-state index in [0.717, 1.165) is 26.4 Å². The van der Waals surface area contributed by atoms with Crippen LogP contribution in [-0.4, -0.2) is 39.9 Å². The van der Waals surface area contributed by atoms with E-state index >= 15 is 4.39 Å². The zero-order chi connectivity index (χ0) is 31.4. The Kier molecular flexibility index (Phi) is 7.67. The molecular formula is C26H23F7N4O4S. The van der Waals surface area contributed by atoms with Gasteiger partial charge in [0.25, 0.3) is 11.8 Å². The molecule has 1 saturated carbocycles. The molecule has 0 bridgehead atoms. The molecule has 0 saturated heterocycles. The molecule has 1 unspecified atom stereocenters. The van der Waals surface area contributed by atoms with E-state index in [1.807, 2.05) is 0 Å². The summed E-state index contributed by atoms with van der Waals surface area (Å²) in [6.45, 7) is 2.19. The summed E-state index contributed by atoms with van der Waals surface area (Å²) < 4.78 is 128. The maximum Gasteiger partial charge on any atom is 0.435 e. The van der Waals surface area contributed by atoms with E-state index in [2.05, 4.69) is 15.5 Å². The van der Waals surface area contributed by atoms with Crippen LogP contribution in [0.1, 0.15) is 45.6 Å². The molecule has 1 aromatic heterocycles. The lowest BCUT2D eigenvalue weighted by Crippen LogP contribution is -2.30. The second-order valence-electron chi connectivity index (χ2n) is 9.78. The molecule has 1 aliphatic carbocycles. The molecule has 0 aliphatic heterocycles.